The van der Waals surface area contributed by atoms with Gasteiger partial charge in [0.15, 0.2) is 11.0 Å². The van der Waals surface area contributed by atoms with E-state index in [1.165, 1.54) is 25.0 Å². The van der Waals surface area contributed by atoms with Gasteiger partial charge in [0.2, 0.25) is 0 Å². The second kappa shape index (κ2) is 6.28. The lowest BCUT2D eigenvalue weighted by Gasteiger charge is -2.14. The molecule has 2 aromatic rings. The fraction of sp³-hybridized carbons (Fsp3) is 0.688. The van der Waals surface area contributed by atoms with Crippen LogP contribution in [0.5, 0.6) is 0 Å². The highest BCUT2D eigenvalue weighted by molar-refractivity contribution is 7.98. The van der Waals surface area contributed by atoms with Gasteiger partial charge in [0.05, 0.1) is 24.1 Å². The topological polar surface area (TPSA) is 68.6 Å². The van der Waals surface area contributed by atoms with Crippen molar-refractivity contribution in [2.45, 2.75) is 69.0 Å². The van der Waals surface area contributed by atoms with Gasteiger partial charge < -0.3 is 9.30 Å². The Kier molecular flexibility index (Phi) is 4.15. The Bertz CT molecular complexity index is 685. The van der Waals surface area contributed by atoms with E-state index in [4.69, 9.17) is 9.72 Å². The largest absolute Gasteiger partial charge is 0.376 e. The van der Waals surface area contributed by atoms with Gasteiger partial charge in [-0.25, -0.2) is 9.97 Å². The first-order valence-electron chi connectivity index (χ1n) is 8.40. The molecule has 1 aliphatic carbocycles. The molecule has 2 aliphatic rings. The van der Waals surface area contributed by atoms with Crippen LogP contribution in [0.25, 0.3) is 0 Å². The van der Waals surface area contributed by atoms with Gasteiger partial charge in [-0.15, -0.1) is 0 Å². The number of imidazole rings is 1. The van der Waals surface area contributed by atoms with Gasteiger partial charge in [-0.3, -0.25) is 5.10 Å². The zero-order chi connectivity index (χ0) is 15.8. The van der Waals surface area contributed by atoms with E-state index in [1.54, 1.807) is 11.8 Å². The maximum atomic E-state index is 5.79. The Morgan fingerprint density at radius 2 is 2.13 bits per heavy atom. The molecule has 0 amide bonds. The van der Waals surface area contributed by atoms with Crippen molar-refractivity contribution in [3.05, 3.63) is 23.0 Å². The Balaban J connectivity index is 1.45. The van der Waals surface area contributed by atoms with Crippen LogP contribution in [0.1, 0.15) is 54.6 Å². The van der Waals surface area contributed by atoms with E-state index in [-0.39, 0.29) is 0 Å². The van der Waals surface area contributed by atoms with Crippen LogP contribution in [-0.4, -0.2) is 37.4 Å². The normalized spacial score (nSPS) is 21.2. The molecule has 4 rings (SSSR count). The van der Waals surface area contributed by atoms with Crippen molar-refractivity contribution >= 4 is 11.8 Å². The van der Waals surface area contributed by atoms with Crippen LogP contribution in [0, 0.1) is 13.8 Å². The van der Waals surface area contributed by atoms with Crippen LogP contribution in [0.4, 0.5) is 0 Å². The summed E-state index contributed by atoms with van der Waals surface area (Å²) in [4.78, 5) is 9.33. The summed E-state index contributed by atoms with van der Waals surface area (Å²) in [5.41, 5.74) is 2.33. The van der Waals surface area contributed by atoms with Crippen molar-refractivity contribution < 1.29 is 4.74 Å². The third-order valence-electron chi connectivity index (χ3n) is 4.66. The van der Waals surface area contributed by atoms with Crippen LogP contribution in [0.15, 0.2) is 5.16 Å². The number of aromatic amines is 1. The predicted octanol–water partition coefficient (Wildman–Crippen LogP) is 2.97. The summed E-state index contributed by atoms with van der Waals surface area (Å²) in [6.07, 6.45) is 5.10. The van der Waals surface area contributed by atoms with Crippen LogP contribution >= 0.6 is 11.8 Å². The molecule has 1 aliphatic heterocycles. The predicted molar refractivity (Wildman–Crippen MR) is 88.6 cm³/mol. The summed E-state index contributed by atoms with van der Waals surface area (Å²) in [6, 6.07) is 0. The minimum atomic E-state index is 0.327. The average Bonchev–Trinajstić information content (AvgIpc) is 2.96. The van der Waals surface area contributed by atoms with E-state index < -0.39 is 0 Å². The SMILES string of the molecule is Cc1nc(SCc2nc(C3CC3)n[nH]2)n(C[C@@H]2CCCO2)c1C. The van der Waals surface area contributed by atoms with Gasteiger partial charge in [0, 0.05) is 18.2 Å². The van der Waals surface area contributed by atoms with E-state index in [9.17, 15) is 0 Å². The maximum absolute atomic E-state index is 5.79. The number of aromatic nitrogens is 5. The molecule has 0 bridgehead atoms. The number of hydrogen-bond acceptors (Lipinski definition) is 5. The molecule has 2 fully saturated rings. The van der Waals surface area contributed by atoms with Gasteiger partial charge in [0.1, 0.15) is 5.82 Å². The number of thioether (sulfide) groups is 1. The first-order chi connectivity index (χ1) is 11.2. The molecule has 7 heteroatoms. The molecule has 1 saturated heterocycles. The third kappa shape index (κ3) is 3.30. The van der Waals surface area contributed by atoms with Gasteiger partial charge in [0.25, 0.3) is 0 Å². The lowest BCUT2D eigenvalue weighted by atomic mass is 10.2. The van der Waals surface area contributed by atoms with E-state index in [0.29, 0.717) is 12.0 Å². The molecule has 0 unspecified atom stereocenters. The number of nitrogens with zero attached hydrogens (tertiary/aromatic N) is 4. The van der Waals surface area contributed by atoms with Crippen molar-refractivity contribution in [2.75, 3.05) is 6.61 Å². The fourth-order valence-corrected chi connectivity index (χ4v) is 3.94. The minimum Gasteiger partial charge on any atom is -0.376 e. The fourth-order valence-electron chi connectivity index (χ4n) is 2.97. The highest BCUT2D eigenvalue weighted by Gasteiger charge is 2.27. The average molecular weight is 333 g/mol. The Morgan fingerprint density at radius 1 is 1.26 bits per heavy atom. The Morgan fingerprint density at radius 3 is 2.87 bits per heavy atom. The first-order valence-corrected chi connectivity index (χ1v) is 9.38. The molecule has 1 saturated carbocycles. The molecule has 1 N–H and O–H groups in total. The monoisotopic (exact) mass is 333 g/mol. The number of nitrogens with one attached hydrogen (secondary N) is 1. The molecule has 6 nitrogen and oxygen atoms in total. The smallest absolute Gasteiger partial charge is 0.168 e. The van der Waals surface area contributed by atoms with E-state index in [2.05, 4.69) is 33.6 Å². The molecule has 3 heterocycles. The lowest BCUT2D eigenvalue weighted by Crippen LogP contribution is -2.16. The van der Waals surface area contributed by atoms with Gasteiger partial charge >= 0.3 is 0 Å². The van der Waals surface area contributed by atoms with Crippen molar-refractivity contribution in [2.24, 2.45) is 0 Å². The second-order valence-electron chi connectivity index (χ2n) is 6.51. The Hall–Kier alpha value is -1.34. The number of ether oxygens (including phenoxy) is 1. The molecule has 0 spiro atoms. The first kappa shape index (κ1) is 15.2. The van der Waals surface area contributed by atoms with Crippen molar-refractivity contribution in [1.29, 1.82) is 0 Å². The van der Waals surface area contributed by atoms with Crippen LogP contribution in [0.2, 0.25) is 0 Å². The highest BCUT2D eigenvalue weighted by atomic mass is 32.2. The standard InChI is InChI=1S/C16H23N5OS/c1-10-11(2)21(8-13-4-3-7-22-13)16(17-10)23-9-14-18-15(20-19-14)12-5-6-12/h12-13H,3-9H2,1-2H3,(H,18,19,20)/t13-/m0/s1. The van der Waals surface area contributed by atoms with Crippen LogP contribution in [0.3, 0.4) is 0 Å². The van der Waals surface area contributed by atoms with Crippen molar-refractivity contribution in [3.63, 3.8) is 0 Å². The van der Waals surface area contributed by atoms with Crippen LogP contribution < -0.4 is 0 Å². The quantitative estimate of drug-likeness (QED) is 0.823. The Labute approximate surface area is 140 Å². The maximum Gasteiger partial charge on any atom is 0.168 e. The lowest BCUT2D eigenvalue weighted by molar-refractivity contribution is 0.0945. The molecule has 0 radical (unpaired) electrons. The number of aryl methyl sites for hydroxylation is 1. The summed E-state index contributed by atoms with van der Waals surface area (Å²) < 4.78 is 8.09. The van der Waals surface area contributed by atoms with Crippen LogP contribution in [-0.2, 0) is 17.0 Å². The highest BCUT2D eigenvalue weighted by Crippen LogP contribution is 2.38. The summed E-state index contributed by atoms with van der Waals surface area (Å²) in [7, 11) is 0. The minimum absolute atomic E-state index is 0.327. The van der Waals surface area contributed by atoms with Crippen molar-refractivity contribution in [1.82, 2.24) is 24.7 Å². The third-order valence-corrected chi connectivity index (χ3v) is 5.65. The molecule has 2 aromatic heterocycles. The van der Waals surface area contributed by atoms with Gasteiger partial charge in [-0.1, -0.05) is 11.8 Å². The number of H-pyrrole nitrogens is 1. The molecular weight excluding hydrogens is 310 g/mol. The zero-order valence-electron chi connectivity index (χ0n) is 13.7. The molecule has 23 heavy (non-hydrogen) atoms. The molecular formula is C16H23N5OS. The molecule has 1 atom stereocenters. The number of hydrogen-bond donors (Lipinski definition) is 1. The zero-order valence-corrected chi connectivity index (χ0v) is 14.5. The van der Waals surface area contributed by atoms with Gasteiger partial charge in [-0.05, 0) is 39.5 Å². The van der Waals surface area contributed by atoms with E-state index in [0.717, 1.165) is 47.8 Å². The summed E-state index contributed by atoms with van der Waals surface area (Å²) in [5, 5.41) is 8.45. The second-order valence-corrected chi connectivity index (χ2v) is 7.46. The van der Waals surface area contributed by atoms with Gasteiger partial charge in [-0.2, -0.15) is 5.10 Å². The summed E-state index contributed by atoms with van der Waals surface area (Å²) in [5.74, 6) is 3.30. The van der Waals surface area contributed by atoms with Crippen molar-refractivity contribution in [3.8, 4) is 0 Å². The van der Waals surface area contributed by atoms with E-state index >= 15 is 0 Å². The molecule has 124 valence electrons. The summed E-state index contributed by atoms with van der Waals surface area (Å²) >= 11 is 1.73. The van der Waals surface area contributed by atoms with E-state index in [1.807, 2.05) is 0 Å². The molecule has 0 aromatic carbocycles. The summed E-state index contributed by atoms with van der Waals surface area (Å²) in [6.45, 7) is 6.01. The number of rotatable bonds is 6.